The quantitative estimate of drug-likeness (QED) is 0.687. The average Bonchev–Trinajstić information content (AvgIpc) is 2.25. The first-order valence-electron chi connectivity index (χ1n) is 5.57. The lowest BCUT2D eigenvalue weighted by Gasteiger charge is -2.22. The molecule has 1 aromatic carbocycles. The lowest BCUT2D eigenvalue weighted by molar-refractivity contribution is -0.151. The number of hydrogen-bond acceptors (Lipinski definition) is 3. The van der Waals surface area contributed by atoms with E-state index in [2.05, 4.69) is 22.5 Å². The first-order valence-corrected chi connectivity index (χ1v) is 6.36. The zero-order chi connectivity index (χ0) is 13.9. The molecule has 18 heavy (non-hydrogen) atoms. The van der Waals surface area contributed by atoms with Gasteiger partial charge >= 0.3 is 5.97 Å². The topological polar surface area (TPSA) is 46.5 Å². The summed E-state index contributed by atoms with van der Waals surface area (Å²) in [6.07, 6.45) is -1.07. The highest BCUT2D eigenvalue weighted by molar-refractivity contribution is 9.10. The van der Waals surface area contributed by atoms with Gasteiger partial charge in [-0.15, -0.1) is 0 Å². The molecule has 0 aliphatic heterocycles. The van der Waals surface area contributed by atoms with Crippen LogP contribution in [0.1, 0.15) is 32.4 Å². The Hall–Kier alpha value is -1.13. The maximum atomic E-state index is 11.8. The van der Waals surface area contributed by atoms with Gasteiger partial charge in [0.1, 0.15) is 11.7 Å². The van der Waals surface area contributed by atoms with Crippen molar-refractivity contribution in [1.82, 2.24) is 0 Å². The summed E-state index contributed by atoms with van der Waals surface area (Å²) in [6.45, 7) is 8.91. The number of halogens is 1. The monoisotopic (exact) mass is 312 g/mol. The second-order valence-electron chi connectivity index (χ2n) is 4.95. The highest BCUT2D eigenvalue weighted by atomic mass is 79.9. The molecule has 0 spiro atoms. The normalized spacial score (nSPS) is 12.9. The van der Waals surface area contributed by atoms with Gasteiger partial charge in [0, 0.05) is 4.47 Å². The molecule has 0 aromatic heterocycles. The van der Waals surface area contributed by atoms with E-state index in [4.69, 9.17) is 4.74 Å². The minimum absolute atomic E-state index is 0.0248. The summed E-state index contributed by atoms with van der Waals surface area (Å²) in [7, 11) is 0. The zero-order valence-corrected chi connectivity index (χ0v) is 12.3. The van der Waals surface area contributed by atoms with Crippen LogP contribution in [0.15, 0.2) is 40.9 Å². The highest BCUT2D eigenvalue weighted by Gasteiger charge is 2.25. The number of rotatable bonds is 3. The van der Waals surface area contributed by atoms with E-state index in [9.17, 15) is 9.90 Å². The Bertz CT molecular complexity index is 460. The Morgan fingerprint density at radius 2 is 1.94 bits per heavy atom. The van der Waals surface area contributed by atoms with E-state index < -0.39 is 17.7 Å². The number of esters is 1. The van der Waals surface area contributed by atoms with Crippen LogP contribution in [-0.4, -0.2) is 16.7 Å². The summed E-state index contributed by atoms with van der Waals surface area (Å²) < 4.78 is 5.89. The lowest BCUT2D eigenvalue weighted by atomic mass is 10.0. The van der Waals surface area contributed by atoms with Crippen LogP contribution in [0.3, 0.4) is 0 Å². The first kappa shape index (κ1) is 14.9. The Labute approximate surface area is 116 Å². The number of aliphatic hydroxyl groups is 1. The lowest BCUT2D eigenvalue weighted by Crippen LogP contribution is -2.26. The third kappa shape index (κ3) is 3.96. The van der Waals surface area contributed by atoms with Gasteiger partial charge in [-0.3, -0.25) is 0 Å². The molecule has 1 aromatic rings. The van der Waals surface area contributed by atoms with Crippen molar-refractivity contribution in [2.24, 2.45) is 0 Å². The average molecular weight is 313 g/mol. The maximum absolute atomic E-state index is 11.8. The van der Waals surface area contributed by atoms with Crippen LogP contribution < -0.4 is 0 Å². The van der Waals surface area contributed by atoms with E-state index in [1.807, 2.05) is 6.07 Å². The minimum atomic E-state index is -1.07. The van der Waals surface area contributed by atoms with Crippen molar-refractivity contribution in [3.63, 3.8) is 0 Å². The largest absolute Gasteiger partial charge is 0.457 e. The van der Waals surface area contributed by atoms with Crippen LogP contribution >= 0.6 is 15.9 Å². The molecule has 1 rings (SSSR count). The fourth-order valence-corrected chi connectivity index (χ4v) is 1.84. The molecule has 1 unspecified atom stereocenters. The van der Waals surface area contributed by atoms with Gasteiger partial charge in [0.2, 0.25) is 0 Å². The molecule has 0 heterocycles. The van der Waals surface area contributed by atoms with Crippen LogP contribution in [0.2, 0.25) is 0 Å². The van der Waals surface area contributed by atoms with Crippen LogP contribution in [0, 0.1) is 0 Å². The molecule has 0 aliphatic carbocycles. The summed E-state index contributed by atoms with van der Waals surface area (Å²) in [5.41, 5.74) is 0.0124. The predicted molar refractivity (Wildman–Crippen MR) is 74.1 cm³/mol. The standard InChI is InChI=1S/C14H17BrO3/c1-9(13(17)18-14(2,3)4)12(16)10-7-5-6-8-11(10)15/h5-8,12,16H,1H2,2-4H3. The second kappa shape index (κ2) is 5.67. The molecular weight excluding hydrogens is 296 g/mol. The van der Waals surface area contributed by atoms with E-state index in [-0.39, 0.29) is 5.57 Å². The van der Waals surface area contributed by atoms with Gasteiger partial charge in [-0.2, -0.15) is 0 Å². The van der Waals surface area contributed by atoms with E-state index >= 15 is 0 Å². The smallest absolute Gasteiger partial charge is 0.336 e. The minimum Gasteiger partial charge on any atom is -0.457 e. The van der Waals surface area contributed by atoms with Crippen molar-refractivity contribution in [3.8, 4) is 0 Å². The molecule has 98 valence electrons. The highest BCUT2D eigenvalue weighted by Crippen LogP contribution is 2.28. The molecule has 3 nitrogen and oxygen atoms in total. The van der Waals surface area contributed by atoms with E-state index in [0.29, 0.717) is 5.56 Å². The number of carbonyl (C=O) groups excluding carboxylic acids is 1. The van der Waals surface area contributed by atoms with Crippen LogP contribution in [0.25, 0.3) is 0 Å². The van der Waals surface area contributed by atoms with Gasteiger partial charge in [0.25, 0.3) is 0 Å². The fourth-order valence-electron chi connectivity index (χ4n) is 1.34. The Balaban J connectivity index is 2.85. The van der Waals surface area contributed by atoms with Crippen LogP contribution in [-0.2, 0) is 9.53 Å². The van der Waals surface area contributed by atoms with Crippen molar-refractivity contribution < 1.29 is 14.6 Å². The molecule has 0 bridgehead atoms. The van der Waals surface area contributed by atoms with E-state index in [1.165, 1.54) is 0 Å². The van der Waals surface area contributed by atoms with Crippen molar-refractivity contribution in [2.75, 3.05) is 0 Å². The first-order chi connectivity index (χ1) is 8.22. The Kier molecular flexibility index (Phi) is 4.71. The van der Waals surface area contributed by atoms with Gasteiger partial charge in [0.15, 0.2) is 0 Å². The SMILES string of the molecule is C=C(C(=O)OC(C)(C)C)C(O)c1ccccc1Br. The molecule has 0 aliphatic rings. The van der Waals surface area contributed by atoms with Crippen molar-refractivity contribution in [3.05, 3.63) is 46.5 Å². The van der Waals surface area contributed by atoms with E-state index in [1.54, 1.807) is 39.0 Å². The van der Waals surface area contributed by atoms with Crippen molar-refractivity contribution >= 4 is 21.9 Å². The molecule has 0 amide bonds. The third-order valence-electron chi connectivity index (χ3n) is 2.19. The van der Waals surface area contributed by atoms with Gasteiger partial charge in [-0.1, -0.05) is 40.7 Å². The Morgan fingerprint density at radius 1 is 1.39 bits per heavy atom. The fraction of sp³-hybridized carbons (Fsp3) is 0.357. The van der Waals surface area contributed by atoms with Crippen molar-refractivity contribution in [2.45, 2.75) is 32.5 Å². The zero-order valence-electron chi connectivity index (χ0n) is 10.7. The molecule has 0 saturated heterocycles. The summed E-state index contributed by atoms with van der Waals surface area (Å²) in [4.78, 5) is 11.8. The molecule has 0 fully saturated rings. The molecule has 4 heteroatoms. The van der Waals surface area contributed by atoms with Gasteiger partial charge < -0.3 is 9.84 Å². The number of aliphatic hydroxyl groups excluding tert-OH is 1. The van der Waals surface area contributed by atoms with Crippen LogP contribution in [0.4, 0.5) is 0 Å². The summed E-state index contributed by atoms with van der Waals surface area (Å²) in [6, 6.07) is 7.13. The van der Waals surface area contributed by atoms with Gasteiger partial charge in [-0.25, -0.2) is 4.79 Å². The molecular formula is C14H17BrO3. The third-order valence-corrected chi connectivity index (χ3v) is 2.91. The van der Waals surface area contributed by atoms with E-state index in [0.717, 1.165) is 4.47 Å². The molecule has 0 radical (unpaired) electrons. The van der Waals surface area contributed by atoms with Gasteiger partial charge in [-0.05, 0) is 32.4 Å². The van der Waals surface area contributed by atoms with Crippen LogP contribution in [0.5, 0.6) is 0 Å². The number of carbonyl (C=O) groups is 1. The van der Waals surface area contributed by atoms with Crippen molar-refractivity contribution in [1.29, 1.82) is 0 Å². The maximum Gasteiger partial charge on any atom is 0.336 e. The second-order valence-corrected chi connectivity index (χ2v) is 5.81. The molecule has 1 N–H and O–H groups in total. The molecule has 1 atom stereocenters. The predicted octanol–water partition coefficient (Wildman–Crippen LogP) is 3.38. The summed E-state index contributed by atoms with van der Waals surface area (Å²) in [5.74, 6) is -0.592. The summed E-state index contributed by atoms with van der Waals surface area (Å²) in [5, 5.41) is 10.1. The molecule has 0 saturated carbocycles. The summed E-state index contributed by atoms with van der Waals surface area (Å²) >= 11 is 3.32. The number of ether oxygens (including phenoxy) is 1. The number of benzene rings is 1. The Morgan fingerprint density at radius 3 is 2.44 bits per heavy atom. The van der Waals surface area contributed by atoms with Gasteiger partial charge in [0.05, 0.1) is 5.57 Å². The number of hydrogen-bond donors (Lipinski definition) is 1.